The van der Waals surface area contributed by atoms with Crippen LogP contribution in [-0.2, 0) is 22.1 Å². The van der Waals surface area contributed by atoms with Gasteiger partial charge >= 0.3 is 12.1 Å². The zero-order chi connectivity index (χ0) is 16.5. The molecule has 2 heterocycles. The third kappa shape index (κ3) is 3.02. The van der Waals surface area contributed by atoms with Crippen molar-refractivity contribution in [1.29, 1.82) is 0 Å². The third-order valence-electron chi connectivity index (χ3n) is 3.10. The highest BCUT2D eigenvalue weighted by atomic mass is 16.6. The predicted octanol–water partition coefficient (Wildman–Crippen LogP) is -0.0205. The average Bonchev–Trinajstić information content (AvgIpc) is 2.89. The molecule has 0 saturated carbocycles. The van der Waals surface area contributed by atoms with Crippen LogP contribution in [-0.4, -0.2) is 40.0 Å². The number of aryl methyl sites for hydroxylation is 1. The molecule has 1 aliphatic rings. The Balaban J connectivity index is 2.21. The number of nitrogens with one attached hydrogen (secondary N) is 3. The van der Waals surface area contributed by atoms with Crippen LogP contribution in [0.4, 0.5) is 9.59 Å². The lowest BCUT2D eigenvalue weighted by atomic mass is 9.95. The number of ether oxygens (including phenoxy) is 1. The molecule has 0 bridgehead atoms. The third-order valence-corrected chi connectivity index (χ3v) is 3.10. The number of rotatable bonds is 3. The summed E-state index contributed by atoms with van der Waals surface area (Å²) in [5.41, 5.74) is -1.63. The summed E-state index contributed by atoms with van der Waals surface area (Å²) < 4.78 is 6.60. The maximum absolute atomic E-state index is 12.2. The smallest absolute Gasteiger partial charge is 0.407 e. The number of aromatic nitrogens is 2. The van der Waals surface area contributed by atoms with Gasteiger partial charge in [-0.1, -0.05) is 0 Å². The van der Waals surface area contributed by atoms with Gasteiger partial charge in [0.15, 0.2) is 5.54 Å². The fourth-order valence-electron chi connectivity index (χ4n) is 2.20. The van der Waals surface area contributed by atoms with E-state index in [1.54, 1.807) is 33.9 Å². The number of nitrogens with zero attached hydrogens (tertiary/aromatic N) is 2. The minimum absolute atomic E-state index is 0.154. The summed E-state index contributed by atoms with van der Waals surface area (Å²) in [7, 11) is 1.64. The van der Waals surface area contributed by atoms with Gasteiger partial charge in [-0.2, -0.15) is 5.10 Å². The molecule has 1 aromatic heterocycles. The first-order valence-corrected chi connectivity index (χ1v) is 6.73. The van der Waals surface area contributed by atoms with Gasteiger partial charge in [0.05, 0.1) is 12.2 Å². The molecule has 0 spiro atoms. The lowest BCUT2D eigenvalue weighted by Gasteiger charge is -2.27. The van der Waals surface area contributed by atoms with E-state index in [4.69, 9.17) is 4.74 Å². The topological polar surface area (TPSA) is 114 Å². The molecule has 1 saturated heterocycles. The van der Waals surface area contributed by atoms with Gasteiger partial charge in [-0.25, -0.2) is 9.59 Å². The molecule has 1 aromatic rings. The normalized spacial score (nSPS) is 21.3. The Bertz CT molecular complexity index is 618. The van der Waals surface area contributed by atoms with E-state index in [1.165, 1.54) is 10.9 Å². The van der Waals surface area contributed by atoms with Crippen LogP contribution in [0.1, 0.15) is 26.5 Å². The van der Waals surface area contributed by atoms with E-state index < -0.39 is 29.2 Å². The van der Waals surface area contributed by atoms with Crippen LogP contribution in [0.5, 0.6) is 0 Å². The van der Waals surface area contributed by atoms with Crippen molar-refractivity contribution in [2.75, 3.05) is 6.54 Å². The van der Waals surface area contributed by atoms with Crippen molar-refractivity contribution in [3.05, 3.63) is 18.0 Å². The molecular formula is C13H19N5O4. The van der Waals surface area contributed by atoms with Gasteiger partial charge in [0.25, 0.3) is 5.91 Å². The van der Waals surface area contributed by atoms with E-state index >= 15 is 0 Å². The summed E-state index contributed by atoms with van der Waals surface area (Å²) in [6.07, 6.45) is 0.825. The van der Waals surface area contributed by atoms with Crippen molar-refractivity contribution >= 4 is 18.0 Å². The minimum atomic E-state index is -1.42. The maximum atomic E-state index is 12.2. The van der Waals surface area contributed by atoms with E-state index in [0.29, 0.717) is 5.69 Å². The highest BCUT2D eigenvalue weighted by Crippen LogP contribution is 2.23. The molecule has 0 radical (unpaired) electrons. The Morgan fingerprint density at radius 2 is 2.14 bits per heavy atom. The summed E-state index contributed by atoms with van der Waals surface area (Å²) in [6, 6.07) is 0.972. The summed E-state index contributed by atoms with van der Waals surface area (Å²) in [5.74, 6) is -0.558. The van der Waals surface area contributed by atoms with Gasteiger partial charge in [0.2, 0.25) is 0 Å². The van der Waals surface area contributed by atoms with Crippen molar-refractivity contribution in [3.8, 4) is 0 Å². The standard InChI is InChI=1S/C13H19N5O4/c1-12(2,3)22-11(21)14-7-13(8-5-6-15-18(8)4)9(19)16-10(20)17-13/h5-6H,7H2,1-4H3,(H,14,21)(H2,16,17,19,20). The van der Waals surface area contributed by atoms with Crippen molar-refractivity contribution in [1.82, 2.24) is 25.7 Å². The molecule has 1 atom stereocenters. The SMILES string of the molecule is Cn1nccc1C1(CNC(=O)OC(C)(C)C)NC(=O)NC1=O. The predicted molar refractivity (Wildman–Crippen MR) is 75.8 cm³/mol. The molecule has 4 amide bonds. The average molecular weight is 309 g/mol. The Morgan fingerprint density at radius 3 is 2.59 bits per heavy atom. The Morgan fingerprint density at radius 1 is 1.45 bits per heavy atom. The lowest BCUT2D eigenvalue weighted by Crippen LogP contribution is -2.54. The first kappa shape index (κ1) is 15.8. The van der Waals surface area contributed by atoms with Crippen LogP contribution in [0.3, 0.4) is 0 Å². The minimum Gasteiger partial charge on any atom is -0.444 e. The molecule has 120 valence electrons. The van der Waals surface area contributed by atoms with E-state index in [2.05, 4.69) is 21.0 Å². The summed E-state index contributed by atoms with van der Waals surface area (Å²) in [4.78, 5) is 35.6. The van der Waals surface area contributed by atoms with Crippen molar-refractivity contribution in [3.63, 3.8) is 0 Å². The van der Waals surface area contributed by atoms with E-state index in [-0.39, 0.29) is 6.54 Å². The number of hydrogen-bond donors (Lipinski definition) is 3. The molecule has 0 aliphatic carbocycles. The summed E-state index contributed by atoms with van der Waals surface area (Å²) in [5, 5.41) is 11.2. The van der Waals surface area contributed by atoms with E-state index in [1.807, 2.05) is 0 Å². The molecule has 1 unspecified atom stereocenters. The van der Waals surface area contributed by atoms with Crippen LogP contribution in [0, 0.1) is 0 Å². The van der Waals surface area contributed by atoms with Crippen LogP contribution in [0.25, 0.3) is 0 Å². The van der Waals surface area contributed by atoms with Crippen LogP contribution < -0.4 is 16.0 Å². The van der Waals surface area contributed by atoms with Gasteiger partial charge in [-0.05, 0) is 26.8 Å². The van der Waals surface area contributed by atoms with Gasteiger partial charge in [0, 0.05) is 13.2 Å². The van der Waals surface area contributed by atoms with E-state index in [9.17, 15) is 14.4 Å². The van der Waals surface area contributed by atoms with Gasteiger partial charge in [-0.3, -0.25) is 14.8 Å². The zero-order valence-corrected chi connectivity index (χ0v) is 12.9. The quantitative estimate of drug-likeness (QED) is 0.679. The van der Waals surface area contributed by atoms with Crippen LogP contribution >= 0.6 is 0 Å². The number of imide groups is 1. The molecule has 2 rings (SSSR count). The highest BCUT2D eigenvalue weighted by molar-refractivity contribution is 6.07. The molecule has 3 N–H and O–H groups in total. The first-order chi connectivity index (χ1) is 10.1. The Kier molecular flexibility index (Phi) is 3.82. The number of hydrogen-bond acceptors (Lipinski definition) is 5. The van der Waals surface area contributed by atoms with Crippen molar-refractivity contribution in [2.24, 2.45) is 7.05 Å². The van der Waals surface area contributed by atoms with Crippen molar-refractivity contribution in [2.45, 2.75) is 31.9 Å². The molecule has 1 aliphatic heterocycles. The Hall–Kier alpha value is -2.58. The molecule has 1 fully saturated rings. The summed E-state index contributed by atoms with van der Waals surface area (Å²) >= 11 is 0. The summed E-state index contributed by atoms with van der Waals surface area (Å²) in [6.45, 7) is 5.04. The fourth-order valence-corrected chi connectivity index (χ4v) is 2.20. The number of urea groups is 1. The second-order valence-corrected chi connectivity index (χ2v) is 6.01. The highest BCUT2D eigenvalue weighted by Gasteiger charge is 2.50. The number of carbonyl (C=O) groups is 3. The number of alkyl carbamates (subject to hydrolysis) is 1. The molecular weight excluding hydrogens is 290 g/mol. The first-order valence-electron chi connectivity index (χ1n) is 6.73. The fraction of sp³-hybridized carbons (Fsp3) is 0.538. The molecule has 9 nitrogen and oxygen atoms in total. The number of carbonyl (C=O) groups excluding carboxylic acids is 3. The largest absolute Gasteiger partial charge is 0.444 e. The zero-order valence-electron chi connectivity index (χ0n) is 12.9. The lowest BCUT2D eigenvalue weighted by molar-refractivity contribution is -0.124. The van der Waals surface area contributed by atoms with Crippen LogP contribution in [0.2, 0.25) is 0 Å². The molecule has 22 heavy (non-hydrogen) atoms. The van der Waals surface area contributed by atoms with Gasteiger partial charge in [-0.15, -0.1) is 0 Å². The molecule has 0 aromatic carbocycles. The second-order valence-electron chi connectivity index (χ2n) is 6.01. The second kappa shape index (κ2) is 5.32. The Labute approximate surface area is 127 Å². The molecule has 9 heteroatoms. The van der Waals surface area contributed by atoms with Gasteiger partial charge < -0.3 is 15.4 Å². The van der Waals surface area contributed by atoms with E-state index in [0.717, 1.165) is 0 Å². The van der Waals surface area contributed by atoms with Crippen molar-refractivity contribution < 1.29 is 19.1 Å². The maximum Gasteiger partial charge on any atom is 0.407 e. The number of amides is 4. The van der Waals surface area contributed by atoms with Crippen LogP contribution in [0.15, 0.2) is 12.3 Å². The van der Waals surface area contributed by atoms with Gasteiger partial charge in [0.1, 0.15) is 5.60 Å². The monoisotopic (exact) mass is 309 g/mol.